The summed E-state index contributed by atoms with van der Waals surface area (Å²) in [7, 11) is -3.72. The molecule has 0 fully saturated rings. The van der Waals surface area contributed by atoms with E-state index < -0.39 is 22.5 Å². The van der Waals surface area contributed by atoms with E-state index in [1.54, 1.807) is 24.3 Å². The third kappa shape index (κ3) is 4.98. The molecular formula is C15H13Cl2IN2O3S. The molecule has 0 saturated carbocycles. The minimum absolute atomic E-state index is 0.0756. The van der Waals surface area contributed by atoms with Gasteiger partial charge in [-0.1, -0.05) is 29.3 Å². The fraction of sp³-hybridized carbons (Fsp3) is 0.133. The Kier molecular flexibility index (Phi) is 6.35. The highest BCUT2D eigenvalue weighted by Crippen LogP contribution is 2.33. The Labute approximate surface area is 164 Å². The van der Waals surface area contributed by atoms with Gasteiger partial charge in [-0.05, 0) is 59.0 Å². The first-order valence-electron chi connectivity index (χ1n) is 6.65. The van der Waals surface area contributed by atoms with Crippen molar-refractivity contribution in [1.82, 2.24) is 0 Å². The van der Waals surface area contributed by atoms with Crippen LogP contribution < -0.4 is 9.62 Å². The summed E-state index contributed by atoms with van der Waals surface area (Å²) in [6, 6.07) is 11.7. The van der Waals surface area contributed by atoms with Gasteiger partial charge in [0.15, 0.2) is 0 Å². The molecule has 0 aliphatic carbocycles. The van der Waals surface area contributed by atoms with Crippen molar-refractivity contribution < 1.29 is 13.2 Å². The molecule has 24 heavy (non-hydrogen) atoms. The average molecular weight is 499 g/mol. The molecule has 2 aromatic carbocycles. The van der Waals surface area contributed by atoms with Crippen molar-refractivity contribution >= 4 is 73.1 Å². The molecule has 1 N–H and O–H groups in total. The smallest absolute Gasteiger partial charge is 0.245 e. The molecule has 5 nitrogen and oxygen atoms in total. The van der Waals surface area contributed by atoms with Crippen LogP contribution in [0.1, 0.15) is 0 Å². The van der Waals surface area contributed by atoms with Gasteiger partial charge in [0, 0.05) is 9.26 Å². The highest BCUT2D eigenvalue weighted by Gasteiger charge is 2.23. The van der Waals surface area contributed by atoms with Gasteiger partial charge >= 0.3 is 0 Å². The van der Waals surface area contributed by atoms with E-state index in [-0.39, 0.29) is 15.7 Å². The van der Waals surface area contributed by atoms with Gasteiger partial charge in [-0.15, -0.1) is 0 Å². The second kappa shape index (κ2) is 7.90. The van der Waals surface area contributed by atoms with E-state index >= 15 is 0 Å². The van der Waals surface area contributed by atoms with Crippen molar-refractivity contribution in [2.45, 2.75) is 0 Å². The molecule has 0 heterocycles. The fourth-order valence-electron chi connectivity index (χ4n) is 1.93. The van der Waals surface area contributed by atoms with Crippen LogP contribution in [0.15, 0.2) is 42.5 Å². The summed E-state index contributed by atoms with van der Waals surface area (Å²) in [6.07, 6.45) is 1.00. The summed E-state index contributed by atoms with van der Waals surface area (Å²) in [4.78, 5) is 12.2. The van der Waals surface area contributed by atoms with Crippen molar-refractivity contribution in [2.75, 3.05) is 22.4 Å². The maximum atomic E-state index is 12.2. The number of sulfonamides is 1. The number of halogens is 3. The number of amides is 1. The average Bonchev–Trinajstić information content (AvgIpc) is 2.49. The molecule has 0 radical (unpaired) electrons. The Hall–Kier alpha value is -1.03. The number of rotatable bonds is 5. The van der Waals surface area contributed by atoms with Gasteiger partial charge in [-0.25, -0.2) is 8.42 Å². The zero-order chi connectivity index (χ0) is 17.9. The van der Waals surface area contributed by atoms with Gasteiger partial charge < -0.3 is 5.32 Å². The second-order valence-electron chi connectivity index (χ2n) is 4.90. The summed E-state index contributed by atoms with van der Waals surface area (Å²) in [5.41, 5.74) is 0.732. The third-order valence-corrected chi connectivity index (χ3v) is 5.67. The van der Waals surface area contributed by atoms with E-state index in [1.807, 2.05) is 12.1 Å². The molecule has 0 atom stereocenters. The standard InChI is InChI=1S/C15H13Cl2IN2O3S/c1-24(22,23)20(13-4-2-3-12(16)15(13)17)9-14(21)19-11-7-5-10(18)6-8-11/h2-8H,9H2,1H3,(H,19,21). The first kappa shape index (κ1) is 19.3. The maximum absolute atomic E-state index is 12.2. The van der Waals surface area contributed by atoms with Gasteiger partial charge in [0.1, 0.15) is 6.54 Å². The topological polar surface area (TPSA) is 66.5 Å². The van der Waals surface area contributed by atoms with E-state index in [4.69, 9.17) is 23.2 Å². The van der Waals surface area contributed by atoms with Gasteiger partial charge in [0.2, 0.25) is 15.9 Å². The Bertz CT molecular complexity index is 858. The van der Waals surface area contributed by atoms with Gasteiger partial charge in [-0.3, -0.25) is 9.10 Å². The molecule has 0 spiro atoms. The molecule has 128 valence electrons. The zero-order valence-corrected chi connectivity index (χ0v) is 16.9. The lowest BCUT2D eigenvalue weighted by atomic mass is 10.3. The van der Waals surface area contributed by atoms with Crippen molar-refractivity contribution in [3.63, 3.8) is 0 Å². The van der Waals surface area contributed by atoms with Crippen LogP contribution in [0.4, 0.5) is 11.4 Å². The minimum atomic E-state index is -3.72. The van der Waals surface area contributed by atoms with Crippen LogP contribution in [0.2, 0.25) is 10.0 Å². The summed E-state index contributed by atoms with van der Waals surface area (Å²) in [5, 5.41) is 2.94. The SMILES string of the molecule is CS(=O)(=O)N(CC(=O)Nc1ccc(I)cc1)c1cccc(Cl)c1Cl. The second-order valence-corrected chi connectivity index (χ2v) is 8.84. The van der Waals surface area contributed by atoms with E-state index in [0.29, 0.717) is 5.69 Å². The molecule has 0 aliphatic rings. The third-order valence-electron chi connectivity index (χ3n) is 3.02. The van der Waals surface area contributed by atoms with Gasteiger partial charge in [0.05, 0.1) is 22.0 Å². The van der Waals surface area contributed by atoms with E-state index in [2.05, 4.69) is 27.9 Å². The maximum Gasteiger partial charge on any atom is 0.245 e. The fourth-order valence-corrected chi connectivity index (χ4v) is 3.60. The number of benzene rings is 2. The Morgan fingerprint density at radius 3 is 2.38 bits per heavy atom. The lowest BCUT2D eigenvalue weighted by Crippen LogP contribution is -2.37. The number of nitrogens with zero attached hydrogens (tertiary/aromatic N) is 1. The normalized spacial score (nSPS) is 11.2. The van der Waals surface area contributed by atoms with E-state index in [9.17, 15) is 13.2 Å². The van der Waals surface area contributed by atoms with E-state index in [0.717, 1.165) is 14.1 Å². The van der Waals surface area contributed by atoms with Gasteiger partial charge in [-0.2, -0.15) is 0 Å². The quantitative estimate of drug-likeness (QED) is 0.633. The highest BCUT2D eigenvalue weighted by molar-refractivity contribution is 14.1. The van der Waals surface area contributed by atoms with E-state index in [1.165, 1.54) is 6.07 Å². The number of nitrogens with one attached hydrogen (secondary N) is 1. The number of carbonyl (C=O) groups is 1. The Morgan fingerprint density at radius 2 is 1.79 bits per heavy atom. The number of anilines is 2. The van der Waals surface area contributed by atoms with Crippen LogP contribution >= 0.6 is 45.8 Å². The van der Waals surface area contributed by atoms with Gasteiger partial charge in [0.25, 0.3) is 0 Å². The van der Waals surface area contributed by atoms with Crippen LogP contribution in [0.3, 0.4) is 0 Å². The lowest BCUT2D eigenvalue weighted by molar-refractivity contribution is -0.114. The lowest BCUT2D eigenvalue weighted by Gasteiger charge is -2.23. The summed E-state index contributed by atoms with van der Waals surface area (Å²) in [5.74, 6) is -0.488. The summed E-state index contributed by atoms with van der Waals surface area (Å²) < 4.78 is 26.1. The van der Waals surface area contributed by atoms with Crippen LogP contribution in [-0.2, 0) is 14.8 Å². The van der Waals surface area contributed by atoms with Crippen molar-refractivity contribution in [1.29, 1.82) is 0 Å². The van der Waals surface area contributed by atoms with Crippen LogP contribution in [0.5, 0.6) is 0 Å². The molecule has 0 saturated heterocycles. The highest BCUT2D eigenvalue weighted by atomic mass is 127. The first-order valence-corrected chi connectivity index (χ1v) is 10.3. The number of hydrogen-bond acceptors (Lipinski definition) is 3. The molecule has 0 bridgehead atoms. The molecule has 0 unspecified atom stereocenters. The van der Waals surface area contributed by atoms with Crippen molar-refractivity contribution in [3.05, 3.63) is 56.1 Å². The van der Waals surface area contributed by atoms with Crippen LogP contribution in [0.25, 0.3) is 0 Å². The molecule has 2 aromatic rings. The monoisotopic (exact) mass is 498 g/mol. The van der Waals surface area contributed by atoms with Crippen molar-refractivity contribution in [3.8, 4) is 0 Å². The predicted molar refractivity (Wildman–Crippen MR) is 106 cm³/mol. The largest absolute Gasteiger partial charge is 0.325 e. The summed E-state index contributed by atoms with van der Waals surface area (Å²) in [6.45, 7) is -0.412. The number of carbonyl (C=O) groups excluding carboxylic acids is 1. The first-order chi connectivity index (χ1) is 11.2. The molecule has 9 heteroatoms. The minimum Gasteiger partial charge on any atom is -0.325 e. The summed E-state index contributed by atoms with van der Waals surface area (Å²) >= 11 is 14.2. The molecule has 2 rings (SSSR count). The predicted octanol–water partition coefficient (Wildman–Crippen LogP) is 4.00. The van der Waals surface area contributed by atoms with Crippen LogP contribution in [0, 0.1) is 3.57 Å². The molecule has 1 amide bonds. The van der Waals surface area contributed by atoms with Crippen LogP contribution in [-0.4, -0.2) is 27.1 Å². The van der Waals surface area contributed by atoms with Crippen molar-refractivity contribution in [2.24, 2.45) is 0 Å². The number of hydrogen-bond donors (Lipinski definition) is 1. The zero-order valence-electron chi connectivity index (χ0n) is 12.5. The molecule has 0 aromatic heterocycles. The Balaban J connectivity index is 2.25. The Morgan fingerprint density at radius 1 is 1.17 bits per heavy atom. The molecule has 0 aliphatic heterocycles. The molecular weight excluding hydrogens is 486 g/mol.